The Morgan fingerprint density at radius 2 is 1.51 bits per heavy atom. The van der Waals surface area contributed by atoms with Crippen LogP contribution in [0.4, 0.5) is 13.2 Å². The molecule has 3 aromatic carbocycles. The third kappa shape index (κ3) is 5.80. The van der Waals surface area contributed by atoms with Crippen molar-refractivity contribution in [3.63, 3.8) is 0 Å². The summed E-state index contributed by atoms with van der Waals surface area (Å²) in [4.78, 5) is 0. The molecule has 1 nitrogen and oxygen atoms in total. The van der Waals surface area contributed by atoms with Gasteiger partial charge < -0.3 is 4.74 Å². The van der Waals surface area contributed by atoms with E-state index in [0.717, 1.165) is 48.8 Å². The highest BCUT2D eigenvalue weighted by Gasteiger charge is 2.18. The van der Waals surface area contributed by atoms with Gasteiger partial charge >= 0.3 is 0 Å². The maximum atomic E-state index is 15.0. The summed E-state index contributed by atoms with van der Waals surface area (Å²) in [7, 11) is 0. The molecule has 0 radical (unpaired) electrons. The number of ether oxygens (including phenoxy) is 1. The average Bonchev–Trinajstić information content (AvgIpc) is 2.88. The lowest BCUT2D eigenvalue weighted by Crippen LogP contribution is -2.05. The first-order chi connectivity index (χ1) is 17.0. The first-order valence-electron chi connectivity index (χ1n) is 12.7. The zero-order valence-corrected chi connectivity index (χ0v) is 20.5. The lowest BCUT2D eigenvalue weighted by molar-refractivity contribution is 0.289. The van der Waals surface area contributed by atoms with Crippen LogP contribution in [0.2, 0.25) is 0 Å². The van der Waals surface area contributed by atoms with Crippen molar-refractivity contribution in [1.82, 2.24) is 0 Å². The summed E-state index contributed by atoms with van der Waals surface area (Å²) in [6.07, 6.45) is 9.37. The van der Waals surface area contributed by atoms with Crippen LogP contribution in [0, 0.1) is 23.4 Å². The molecule has 0 saturated carbocycles. The van der Waals surface area contributed by atoms with Crippen LogP contribution in [0.15, 0.2) is 60.7 Å². The first-order valence-corrected chi connectivity index (χ1v) is 12.7. The summed E-state index contributed by atoms with van der Waals surface area (Å²) < 4.78 is 49.5. The van der Waals surface area contributed by atoms with Gasteiger partial charge in [-0.3, -0.25) is 0 Å². The summed E-state index contributed by atoms with van der Waals surface area (Å²) in [6, 6.07) is 15.4. The zero-order valence-electron chi connectivity index (χ0n) is 20.5. The number of allylic oxidation sites excluding steroid dienone is 2. The maximum absolute atomic E-state index is 15.0. The van der Waals surface area contributed by atoms with E-state index >= 15 is 4.39 Å². The monoisotopic (exact) mass is 478 g/mol. The molecule has 0 aromatic heterocycles. The fraction of sp³-hybridized carbons (Fsp3) is 0.355. The van der Waals surface area contributed by atoms with E-state index in [2.05, 4.69) is 13.0 Å². The Hall–Kier alpha value is -3.01. The van der Waals surface area contributed by atoms with Crippen LogP contribution in [-0.2, 0) is 0 Å². The van der Waals surface area contributed by atoms with E-state index in [0.29, 0.717) is 23.7 Å². The third-order valence-corrected chi connectivity index (χ3v) is 6.86. The van der Waals surface area contributed by atoms with E-state index in [1.54, 1.807) is 18.2 Å². The van der Waals surface area contributed by atoms with Gasteiger partial charge in [0, 0.05) is 11.1 Å². The number of hydrogen-bond acceptors (Lipinski definition) is 1. The van der Waals surface area contributed by atoms with Gasteiger partial charge in [0.15, 0.2) is 11.6 Å². The zero-order chi connectivity index (χ0) is 24.8. The Kier molecular flexibility index (Phi) is 8.33. The van der Waals surface area contributed by atoms with E-state index in [1.165, 1.54) is 25.0 Å². The Labute approximate surface area is 206 Å². The summed E-state index contributed by atoms with van der Waals surface area (Å²) >= 11 is 0. The standard InChI is InChI=1S/C31H33F3O/c1-3-5-19-35-29-18-17-27(30(33)31(29)34)24-13-11-22(12-14-24)25-15-16-26(28(32)20-25)23-9-7-21(6-4-2)8-10-23/h9,11-18,20-21H,3-8,10,19H2,1-2H3. The minimum atomic E-state index is -0.974. The normalized spacial score (nSPS) is 15.7. The van der Waals surface area contributed by atoms with E-state index in [-0.39, 0.29) is 17.1 Å². The van der Waals surface area contributed by atoms with Crippen molar-refractivity contribution in [3.05, 3.63) is 83.7 Å². The number of hydrogen-bond donors (Lipinski definition) is 0. The molecule has 0 saturated heterocycles. The molecule has 0 amide bonds. The third-order valence-electron chi connectivity index (χ3n) is 6.86. The van der Waals surface area contributed by atoms with Crippen LogP contribution in [0.5, 0.6) is 5.75 Å². The second-order valence-electron chi connectivity index (χ2n) is 9.37. The largest absolute Gasteiger partial charge is 0.490 e. The second kappa shape index (κ2) is 11.6. The molecule has 1 aliphatic rings. The topological polar surface area (TPSA) is 9.23 Å². The molecule has 35 heavy (non-hydrogen) atoms. The van der Waals surface area contributed by atoms with Gasteiger partial charge in [0.05, 0.1) is 6.61 Å². The van der Waals surface area contributed by atoms with E-state index in [4.69, 9.17) is 4.74 Å². The first kappa shape index (κ1) is 25.1. The van der Waals surface area contributed by atoms with Crippen LogP contribution < -0.4 is 4.74 Å². The molecule has 1 aliphatic carbocycles. The number of benzene rings is 3. The van der Waals surface area contributed by atoms with Crippen molar-refractivity contribution in [2.24, 2.45) is 5.92 Å². The summed E-state index contributed by atoms with van der Waals surface area (Å²) in [5.41, 5.74) is 4.07. The molecule has 3 aromatic rings. The minimum Gasteiger partial charge on any atom is -0.490 e. The minimum absolute atomic E-state index is 0.0687. The molecule has 0 aliphatic heterocycles. The van der Waals surface area contributed by atoms with Crippen LogP contribution in [-0.4, -0.2) is 6.61 Å². The lowest BCUT2D eigenvalue weighted by Gasteiger charge is -2.22. The van der Waals surface area contributed by atoms with E-state index in [1.807, 2.05) is 31.2 Å². The van der Waals surface area contributed by atoms with Gasteiger partial charge in [0.25, 0.3) is 0 Å². The smallest absolute Gasteiger partial charge is 0.201 e. The van der Waals surface area contributed by atoms with Crippen LogP contribution in [0.25, 0.3) is 27.8 Å². The SMILES string of the molecule is CCCCOc1ccc(-c2ccc(-c3ccc(C4=CCC(CCC)CC4)c(F)c3)cc2)c(F)c1F. The molecule has 0 heterocycles. The Morgan fingerprint density at radius 1 is 0.800 bits per heavy atom. The quantitative estimate of drug-likeness (QED) is 0.278. The molecule has 1 unspecified atom stereocenters. The molecule has 0 spiro atoms. The predicted octanol–water partition coefficient (Wildman–Crippen LogP) is 9.60. The highest BCUT2D eigenvalue weighted by Crippen LogP contribution is 2.35. The predicted molar refractivity (Wildman–Crippen MR) is 138 cm³/mol. The van der Waals surface area contributed by atoms with Gasteiger partial charge in [-0.05, 0) is 72.1 Å². The molecule has 184 valence electrons. The molecule has 1 atom stereocenters. The molecular weight excluding hydrogens is 445 g/mol. The average molecular weight is 479 g/mol. The highest BCUT2D eigenvalue weighted by molar-refractivity contribution is 5.74. The van der Waals surface area contributed by atoms with Crippen LogP contribution >= 0.6 is 0 Å². The van der Waals surface area contributed by atoms with Crippen molar-refractivity contribution in [2.75, 3.05) is 6.61 Å². The van der Waals surface area contributed by atoms with Crippen molar-refractivity contribution in [2.45, 2.75) is 58.8 Å². The second-order valence-corrected chi connectivity index (χ2v) is 9.37. The van der Waals surface area contributed by atoms with Crippen LogP contribution in [0.3, 0.4) is 0 Å². The van der Waals surface area contributed by atoms with Crippen molar-refractivity contribution in [3.8, 4) is 28.0 Å². The Balaban J connectivity index is 1.50. The molecule has 0 N–H and O–H groups in total. The van der Waals surface area contributed by atoms with Gasteiger partial charge in [-0.15, -0.1) is 0 Å². The summed E-state index contributed by atoms with van der Waals surface area (Å²) in [5.74, 6) is -1.48. The van der Waals surface area contributed by atoms with Crippen molar-refractivity contribution >= 4 is 5.57 Å². The molecule has 0 fully saturated rings. The van der Waals surface area contributed by atoms with Gasteiger partial charge in [-0.2, -0.15) is 4.39 Å². The Bertz CT molecular complexity index is 1180. The van der Waals surface area contributed by atoms with Gasteiger partial charge in [-0.25, -0.2) is 8.78 Å². The molecule has 4 heteroatoms. The molecule has 0 bridgehead atoms. The number of rotatable bonds is 9. The summed E-state index contributed by atoms with van der Waals surface area (Å²) in [5, 5.41) is 0. The van der Waals surface area contributed by atoms with Gasteiger partial charge in [-0.1, -0.05) is 75.6 Å². The van der Waals surface area contributed by atoms with Gasteiger partial charge in [0.2, 0.25) is 5.82 Å². The van der Waals surface area contributed by atoms with Crippen LogP contribution in [0.1, 0.15) is 64.4 Å². The number of halogens is 3. The Morgan fingerprint density at radius 3 is 2.17 bits per heavy atom. The fourth-order valence-corrected chi connectivity index (χ4v) is 4.79. The lowest BCUT2D eigenvalue weighted by atomic mass is 9.84. The number of unbranched alkanes of at least 4 members (excludes halogenated alkanes) is 1. The van der Waals surface area contributed by atoms with E-state index < -0.39 is 11.6 Å². The van der Waals surface area contributed by atoms with E-state index in [9.17, 15) is 8.78 Å². The van der Waals surface area contributed by atoms with Crippen molar-refractivity contribution in [1.29, 1.82) is 0 Å². The highest BCUT2D eigenvalue weighted by atomic mass is 19.2. The summed E-state index contributed by atoms with van der Waals surface area (Å²) in [6.45, 7) is 4.57. The maximum Gasteiger partial charge on any atom is 0.201 e. The molecule has 4 rings (SSSR count). The van der Waals surface area contributed by atoms with Gasteiger partial charge in [0.1, 0.15) is 5.82 Å². The molecular formula is C31H33F3O. The van der Waals surface area contributed by atoms with Crippen molar-refractivity contribution < 1.29 is 17.9 Å². The fourth-order valence-electron chi connectivity index (χ4n) is 4.79.